The van der Waals surface area contributed by atoms with Crippen molar-refractivity contribution in [2.75, 3.05) is 38.6 Å². The minimum Gasteiger partial charge on any atom is -0.379 e. The van der Waals surface area contributed by atoms with Gasteiger partial charge < -0.3 is 9.47 Å². The number of benzene rings is 1. The van der Waals surface area contributed by atoms with E-state index in [0.717, 1.165) is 43.6 Å². The van der Waals surface area contributed by atoms with Gasteiger partial charge in [-0.15, -0.1) is 11.8 Å². The van der Waals surface area contributed by atoms with Crippen molar-refractivity contribution >= 4 is 23.4 Å². The lowest BCUT2D eigenvalue weighted by molar-refractivity contribution is -0.0726. The van der Waals surface area contributed by atoms with Crippen LogP contribution in [0.5, 0.6) is 0 Å². The van der Waals surface area contributed by atoms with Crippen LogP contribution in [0.25, 0.3) is 0 Å². The summed E-state index contributed by atoms with van der Waals surface area (Å²) in [7, 11) is 0. The van der Waals surface area contributed by atoms with Crippen LogP contribution in [-0.2, 0) is 9.47 Å². The normalized spacial score (nSPS) is 23.4. The Hall–Kier alpha value is -0.260. The molecule has 0 saturated carbocycles. The van der Waals surface area contributed by atoms with Gasteiger partial charge in [-0.25, -0.2) is 0 Å². The van der Waals surface area contributed by atoms with Crippen molar-refractivity contribution in [3.05, 3.63) is 29.3 Å². The fraction of sp³-hybridized carbons (Fsp3) is 0.625. The summed E-state index contributed by atoms with van der Waals surface area (Å²) in [5.74, 6) is 0.970. The lowest BCUT2D eigenvalue weighted by Gasteiger charge is -2.35. The molecule has 0 aliphatic carbocycles. The third-order valence-corrected chi connectivity index (χ3v) is 4.59. The van der Waals surface area contributed by atoms with Crippen LogP contribution < -0.4 is 0 Å². The van der Waals surface area contributed by atoms with E-state index in [1.807, 2.05) is 24.3 Å². The molecule has 21 heavy (non-hydrogen) atoms. The molecule has 1 fully saturated rings. The molecule has 0 radical (unpaired) electrons. The molecule has 1 aliphatic rings. The van der Waals surface area contributed by atoms with E-state index in [4.69, 9.17) is 21.1 Å². The number of morpholine rings is 1. The summed E-state index contributed by atoms with van der Waals surface area (Å²) in [5, 5.41) is 0.782. The first-order valence-corrected chi connectivity index (χ1v) is 8.84. The summed E-state index contributed by atoms with van der Waals surface area (Å²) in [6.45, 7) is 8.84. The number of thioether (sulfide) groups is 1. The average Bonchev–Trinajstić information content (AvgIpc) is 2.43. The summed E-state index contributed by atoms with van der Waals surface area (Å²) in [5.41, 5.74) is 0. The van der Waals surface area contributed by atoms with E-state index in [9.17, 15) is 0 Å². The molecule has 1 aromatic rings. The van der Waals surface area contributed by atoms with Crippen LogP contribution in [-0.4, -0.2) is 55.7 Å². The first-order chi connectivity index (χ1) is 10.1. The molecule has 0 unspecified atom stereocenters. The third kappa shape index (κ3) is 6.57. The van der Waals surface area contributed by atoms with Gasteiger partial charge in [-0.3, -0.25) is 4.90 Å². The quantitative estimate of drug-likeness (QED) is 0.563. The van der Waals surface area contributed by atoms with E-state index in [1.165, 1.54) is 4.90 Å². The van der Waals surface area contributed by atoms with Crippen molar-refractivity contribution in [3.8, 4) is 0 Å². The Morgan fingerprint density at radius 3 is 2.52 bits per heavy atom. The fourth-order valence-electron chi connectivity index (χ4n) is 2.51. The summed E-state index contributed by atoms with van der Waals surface area (Å²) < 4.78 is 11.4. The average molecular weight is 330 g/mol. The number of hydrogen-bond donors (Lipinski definition) is 0. The minimum absolute atomic E-state index is 0.328. The molecule has 1 saturated heterocycles. The highest BCUT2D eigenvalue weighted by Gasteiger charge is 2.21. The van der Waals surface area contributed by atoms with E-state index >= 15 is 0 Å². The molecule has 1 aromatic carbocycles. The van der Waals surface area contributed by atoms with Gasteiger partial charge in [0.15, 0.2) is 0 Å². The van der Waals surface area contributed by atoms with Crippen LogP contribution >= 0.6 is 23.4 Å². The lowest BCUT2D eigenvalue weighted by atomic mass is 10.2. The van der Waals surface area contributed by atoms with Crippen LogP contribution in [0, 0.1) is 0 Å². The van der Waals surface area contributed by atoms with E-state index in [0.29, 0.717) is 12.2 Å². The van der Waals surface area contributed by atoms with Crippen molar-refractivity contribution in [1.82, 2.24) is 4.90 Å². The van der Waals surface area contributed by atoms with Crippen molar-refractivity contribution < 1.29 is 9.47 Å². The van der Waals surface area contributed by atoms with E-state index < -0.39 is 0 Å². The topological polar surface area (TPSA) is 21.7 Å². The predicted octanol–water partition coefficient (Wildman–Crippen LogP) is 3.56. The van der Waals surface area contributed by atoms with Gasteiger partial charge in [-0.1, -0.05) is 11.6 Å². The molecule has 118 valence electrons. The second-order valence-corrected chi connectivity index (χ2v) is 7.04. The molecule has 1 heterocycles. The predicted molar refractivity (Wildman–Crippen MR) is 89.4 cm³/mol. The lowest BCUT2D eigenvalue weighted by Crippen LogP contribution is -2.46. The Morgan fingerprint density at radius 2 is 1.86 bits per heavy atom. The Balaban J connectivity index is 1.53. The third-order valence-electron chi connectivity index (χ3n) is 3.36. The number of rotatable bonds is 7. The molecular weight excluding hydrogens is 306 g/mol. The largest absolute Gasteiger partial charge is 0.379 e. The maximum Gasteiger partial charge on any atom is 0.0678 e. The molecule has 2 atom stereocenters. The maximum absolute atomic E-state index is 5.86. The molecule has 1 aliphatic heterocycles. The first kappa shape index (κ1) is 17.1. The van der Waals surface area contributed by atoms with Gasteiger partial charge in [0.1, 0.15) is 0 Å². The molecule has 0 amide bonds. The van der Waals surface area contributed by atoms with Gasteiger partial charge in [0.2, 0.25) is 0 Å². The van der Waals surface area contributed by atoms with Crippen LogP contribution in [0.3, 0.4) is 0 Å². The van der Waals surface area contributed by atoms with Gasteiger partial charge in [-0.05, 0) is 38.1 Å². The zero-order chi connectivity index (χ0) is 15.1. The molecule has 0 spiro atoms. The van der Waals surface area contributed by atoms with Gasteiger partial charge in [0, 0.05) is 35.3 Å². The number of hydrogen-bond acceptors (Lipinski definition) is 4. The molecule has 0 N–H and O–H groups in total. The number of nitrogens with zero attached hydrogens (tertiary/aromatic N) is 1. The number of ether oxygens (including phenoxy) is 2. The van der Waals surface area contributed by atoms with Crippen LogP contribution in [0.1, 0.15) is 13.8 Å². The van der Waals surface area contributed by atoms with E-state index in [-0.39, 0.29) is 0 Å². The summed E-state index contributed by atoms with van der Waals surface area (Å²) in [6.07, 6.45) is 0.656. The minimum atomic E-state index is 0.328. The monoisotopic (exact) mass is 329 g/mol. The second kappa shape index (κ2) is 9.01. The zero-order valence-corrected chi connectivity index (χ0v) is 14.3. The van der Waals surface area contributed by atoms with Crippen molar-refractivity contribution in [1.29, 1.82) is 0 Å². The SMILES string of the molecule is C[C@@H]1CN(CCOCCSc2ccc(Cl)cc2)C[C@@H](C)O1. The molecule has 0 aromatic heterocycles. The summed E-state index contributed by atoms with van der Waals surface area (Å²) in [4.78, 5) is 3.66. The Bertz CT molecular complexity index is 405. The maximum atomic E-state index is 5.86. The molecule has 2 rings (SSSR count). The first-order valence-electron chi connectivity index (χ1n) is 7.47. The second-order valence-electron chi connectivity index (χ2n) is 5.43. The zero-order valence-electron chi connectivity index (χ0n) is 12.8. The van der Waals surface area contributed by atoms with Gasteiger partial charge in [0.05, 0.1) is 25.4 Å². The Morgan fingerprint density at radius 1 is 1.19 bits per heavy atom. The molecular formula is C16H24ClNO2S. The van der Waals surface area contributed by atoms with Crippen molar-refractivity contribution in [3.63, 3.8) is 0 Å². The molecule has 0 bridgehead atoms. The highest BCUT2D eigenvalue weighted by atomic mass is 35.5. The van der Waals surface area contributed by atoms with E-state index in [1.54, 1.807) is 11.8 Å². The highest BCUT2D eigenvalue weighted by Crippen LogP contribution is 2.19. The van der Waals surface area contributed by atoms with Crippen LogP contribution in [0.2, 0.25) is 5.02 Å². The highest BCUT2D eigenvalue weighted by molar-refractivity contribution is 7.99. The molecule has 5 heteroatoms. The smallest absolute Gasteiger partial charge is 0.0678 e. The van der Waals surface area contributed by atoms with Crippen molar-refractivity contribution in [2.45, 2.75) is 31.0 Å². The number of halogens is 1. The van der Waals surface area contributed by atoms with Gasteiger partial charge >= 0.3 is 0 Å². The Kier molecular flexibility index (Phi) is 7.34. The van der Waals surface area contributed by atoms with Crippen molar-refractivity contribution in [2.24, 2.45) is 0 Å². The standard InChI is InChI=1S/C16H24ClNO2S/c1-13-11-18(12-14(2)20-13)7-8-19-9-10-21-16-5-3-15(17)4-6-16/h3-6,13-14H,7-12H2,1-2H3/t13-,14-/m1/s1. The summed E-state index contributed by atoms with van der Waals surface area (Å²) in [6, 6.07) is 7.93. The van der Waals surface area contributed by atoms with Crippen LogP contribution in [0.4, 0.5) is 0 Å². The summed E-state index contributed by atoms with van der Waals surface area (Å²) >= 11 is 7.66. The van der Waals surface area contributed by atoms with Gasteiger partial charge in [0.25, 0.3) is 0 Å². The van der Waals surface area contributed by atoms with E-state index in [2.05, 4.69) is 18.7 Å². The van der Waals surface area contributed by atoms with Crippen LogP contribution in [0.15, 0.2) is 29.2 Å². The Labute approximate surface area is 136 Å². The molecule has 3 nitrogen and oxygen atoms in total. The van der Waals surface area contributed by atoms with Gasteiger partial charge in [-0.2, -0.15) is 0 Å². The fourth-order valence-corrected chi connectivity index (χ4v) is 3.40.